The number of anilines is 2. The Morgan fingerprint density at radius 3 is 2.44 bits per heavy atom. The molecular weight excluding hydrogens is 403 g/mol. The second-order valence-corrected chi connectivity index (χ2v) is 7.11. The van der Waals surface area contributed by atoms with E-state index in [-0.39, 0.29) is 5.78 Å². The third kappa shape index (κ3) is 5.29. The topological polar surface area (TPSA) is 59.0 Å². The predicted octanol–water partition coefficient (Wildman–Crippen LogP) is 5.25. The van der Waals surface area contributed by atoms with Gasteiger partial charge in [0.05, 0.1) is 28.5 Å². The van der Waals surface area contributed by atoms with Crippen molar-refractivity contribution in [3.8, 4) is 0 Å². The molecule has 0 radical (unpaired) electrons. The first-order valence-electron chi connectivity index (χ1n) is 8.06. The zero-order valence-corrected chi connectivity index (χ0v) is 16.7. The number of benzene rings is 2. The molecule has 0 aliphatic rings. The van der Waals surface area contributed by atoms with Gasteiger partial charge < -0.3 is 10.6 Å². The highest BCUT2D eigenvalue weighted by Crippen LogP contribution is 2.23. The lowest BCUT2D eigenvalue weighted by molar-refractivity contribution is 0.101. The maximum absolute atomic E-state index is 11.3. The van der Waals surface area contributed by atoms with Gasteiger partial charge in [0.1, 0.15) is 0 Å². The molecule has 1 aromatic heterocycles. The summed E-state index contributed by atoms with van der Waals surface area (Å²) in [6, 6.07) is 12.6. The predicted molar refractivity (Wildman–Crippen MR) is 114 cm³/mol. The molecule has 8 heteroatoms. The van der Waals surface area contributed by atoms with Crippen LogP contribution in [0.25, 0.3) is 0 Å². The van der Waals surface area contributed by atoms with Crippen LogP contribution in [0.4, 0.5) is 11.4 Å². The molecule has 3 rings (SSSR count). The lowest BCUT2D eigenvalue weighted by atomic mass is 10.1. The average Bonchev–Trinajstić information content (AvgIpc) is 3.05. The number of ketones is 1. The third-order valence-corrected chi connectivity index (χ3v) is 4.71. The van der Waals surface area contributed by atoms with Gasteiger partial charge >= 0.3 is 0 Å². The van der Waals surface area contributed by atoms with Crippen LogP contribution in [0.5, 0.6) is 0 Å². The van der Waals surface area contributed by atoms with Crippen molar-refractivity contribution < 1.29 is 4.79 Å². The van der Waals surface area contributed by atoms with E-state index in [1.807, 2.05) is 18.3 Å². The van der Waals surface area contributed by atoms with Crippen LogP contribution in [0.15, 0.2) is 54.9 Å². The molecule has 2 aromatic carbocycles. The molecule has 0 saturated carbocycles. The van der Waals surface area contributed by atoms with Crippen molar-refractivity contribution in [1.82, 2.24) is 9.78 Å². The lowest BCUT2D eigenvalue weighted by Gasteiger charge is -2.09. The molecule has 5 nitrogen and oxygen atoms in total. The van der Waals surface area contributed by atoms with E-state index in [0.29, 0.717) is 27.3 Å². The first kappa shape index (κ1) is 19.4. The molecule has 2 N–H and O–H groups in total. The molecule has 1 heterocycles. The van der Waals surface area contributed by atoms with Crippen LogP contribution >= 0.6 is 35.4 Å². The number of carbonyl (C=O) groups excluding carboxylic acids is 1. The van der Waals surface area contributed by atoms with Crippen molar-refractivity contribution in [2.24, 2.45) is 0 Å². The van der Waals surface area contributed by atoms with E-state index in [4.69, 9.17) is 35.4 Å². The highest BCUT2D eigenvalue weighted by Gasteiger charge is 2.05. The second-order valence-electron chi connectivity index (χ2n) is 5.89. The molecule has 0 atom stereocenters. The molecule has 0 fully saturated rings. The summed E-state index contributed by atoms with van der Waals surface area (Å²) in [7, 11) is 0. The summed E-state index contributed by atoms with van der Waals surface area (Å²) < 4.78 is 1.77. The Labute approximate surface area is 172 Å². The SMILES string of the molecule is CC(=O)c1ccc(NC(=S)Nc2cnn(Cc3ccc(Cl)c(Cl)c3)c2)cc1. The maximum atomic E-state index is 11.3. The Morgan fingerprint density at radius 1 is 1.07 bits per heavy atom. The van der Waals surface area contributed by atoms with Gasteiger partial charge in [-0.05, 0) is 61.1 Å². The number of Topliss-reactive ketones (excluding diaryl/α,β-unsaturated/α-hetero) is 1. The fourth-order valence-corrected chi connectivity index (χ4v) is 2.98. The minimum atomic E-state index is 0.0247. The van der Waals surface area contributed by atoms with E-state index in [1.165, 1.54) is 6.92 Å². The summed E-state index contributed by atoms with van der Waals surface area (Å²) in [5.74, 6) is 0.0247. The standard InChI is InChI=1S/C19H16Cl2N4OS/c1-12(26)14-3-5-15(6-4-14)23-19(27)24-16-9-22-25(11-16)10-13-2-7-17(20)18(21)8-13/h2-9,11H,10H2,1H3,(H2,23,24,27). The van der Waals surface area contributed by atoms with Crippen molar-refractivity contribution in [3.63, 3.8) is 0 Å². The minimum absolute atomic E-state index is 0.0247. The minimum Gasteiger partial charge on any atom is -0.332 e. The van der Waals surface area contributed by atoms with Gasteiger partial charge in [-0.15, -0.1) is 0 Å². The molecule has 0 saturated heterocycles. The van der Waals surface area contributed by atoms with Gasteiger partial charge in [-0.2, -0.15) is 5.10 Å². The summed E-state index contributed by atoms with van der Waals surface area (Å²) in [6.07, 6.45) is 3.53. The number of rotatable bonds is 5. The summed E-state index contributed by atoms with van der Waals surface area (Å²) >= 11 is 17.3. The van der Waals surface area contributed by atoms with Gasteiger partial charge in [-0.1, -0.05) is 29.3 Å². The highest BCUT2D eigenvalue weighted by molar-refractivity contribution is 7.80. The van der Waals surface area contributed by atoms with Crippen molar-refractivity contribution in [2.45, 2.75) is 13.5 Å². The second kappa shape index (κ2) is 8.52. The largest absolute Gasteiger partial charge is 0.332 e. The van der Waals surface area contributed by atoms with E-state index < -0.39 is 0 Å². The van der Waals surface area contributed by atoms with E-state index in [9.17, 15) is 4.79 Å². The molecule has 3 aromatic rings. The lowest BCUT2D eigenvalue weighted by Crippen LogP contribution is -2.18. The summed E-state index contributed by atoms with van der Waals surface area (Å²) in [5.41, 5.74) is 3.20. The van der Waals surface area contributed by atoms with E-state index in [1.54, 1.807) is 41.2 Å². The van der Waals surface area contributed by atoms with Crippen LogP contribution in [0.1, 0.15) is 22.8 Å². The molecule has 0 spiro atoms. The molecule has 0 aliphatic heterocycles. The summed E-state index contributed by atoms with van der Waals surface area (Å²) in [4.78, 5) is 11.3. The van der Waals surface area contributed by atoms with Gasteiger partial charge in [0.25, 0.3) is 0 Å². The fourth-order valence-electron chi connectivity index (χ4n) is 2.42. The van der Waals surface area contributed by atoms with E-state index in [2.05, 4.69) is 15.7 Å². The van der Waals surface area contributed by atoms with E-state index >= 15 is 0 Å². The first-order valence-corrected chi connectivity index (χ1v) is 9.22. The van der Waals surface area contributed by atoms with Gasteiger partial charge in [0.15, 0.2) is 10.9 Å². The molecule has 0 bridgehead atoms. The Balaban J connectivity index is 1.58. The molecule has 0 unspecified atom stereocenters. The van der Waals surface area contributed by atoms with Crippen molar-refractivity contribution in [3.05, 3.63) is 76.0 Å². The Hall–Kier alpha value is -2.41. The van der Waals surface area contributed by atoms with Gasteiger partial charge in [-0.25, -0.2) is 0 Å². The van der Waals surface area contributed by atoms with Crippen LogP contribution < -0.4 is 10.6 Å². The number of thiocarbonyl (C=S) groups is 1. The summed E-state index contributed by atoms with van der Waals surface area (Å²) in [6.45, 7) is 2.09. The zero-order valence-electron chi connectivity index (χ0n) is 14.4. The molecular formula is C19H16Cl2N4OS. The first-order chi connectivity index (χ1) is 12.9. The van der Waals surface area contributed by atoms with Gasteiger partial charge in [0, 0.05) is 17.4 Å². The fraction of sp³-hybridized carbons (Fsp3) is 0.105. The normalized spacial score (nSPS) is 10.5. The van der Waals surface area contributed by atoms with Crippen LogP contribution in [-0.2, 0) is 6.54 Å². The monoisotopic (exact) mass is 418 g/mol. The third-order valence-electron chi connectivity index (χ3n) is 3.77. The van der Waals surface area contributed by atoms with Crippen molar-refractivity contribution in [1.29, 1.82) is 0 Å². The van der Waals surface area contributed by atoms with Gasteiger partial charge in [0.2, 0.25) is 0 Å². The number of halogens is 2. The highest BCUT2D eigenvalue weighted by atomic mass is 35.5. The Bertz CT molecular complexity index is 986. The van der Waals surface area contributed by atoms with Crippen LogP contribution in [-0.4, -0.2) is 20.7 Å². The smallest absolute Gasteiger partial charge is 0.175 e. The number of nitrogens with one attached hydrogen (secondary N) is 2. The number of hydrogen-bond donors (Lipinski definition) is 2. The number of nitrogens with zero attached hydrogens (tertiary/aromatic N) is 2. The zero-order chi connectivity index (χ0) is 19.4. The van der Waals surface area contributed by atoms with Crippen molar-refractivity contribution >= 4 is 57.7 Å². The maximum Gasteiger partial charge on any atom is 0.175 e. The van der Waals surface area contributed by atoms with Crippen molar-refractivity contribution in [2.75, 3.05) is 10.6 Å². The van der Waals surface area contributed by atoms with Crippen LogP contribution in [0.2, 0.25) is 10.0 Å². The van der Waals surface area contributed by atoms with Crippen LogP contribution in [0, 0.1) is 0 Å². The number of carbonyl (C=O) groups is 1. The molecule has 0 aliphatic carbocycles. The number of hydrogen-bond acceptors (Lipinski definition) is 3. The van der Waals surface area contributed by atoms with Gasteiger partial charge in [-0.3, -0.25) is 9.48 Å². The molecule has 0 amide bonds. The number of aromatic nitrogens is 2. The van der Waals surface area contributed by atoms with E-state index in [0.717, 1.165) is 16.9 Å². The van der Waals surface area contributed by atoms with Crippen LogP contribution in [0.3, 0.4) is 0 Å². The molecule has 138 valence electrons. The average molecular weight is 419 g/mol. The Kier molecular flexibility index (Phi) is 6.11. The quantitative estimate of drug-likeness (QED) is 0.437. The Morgan fingerprint density at radius 2 is 1.78 bits per heavy atom. The molecule has 27 heavy (non-hydrogen) atoms. The summed E-state index contributed by atoms with van der Waals surface area (Å²) in [5, 5.41) is 11.9.